The molecular formula is C23H34N6O3S. The van der Waals surface area contributed by atoms with Crippen molar-refractivity contribution >= 4 is 23.7 Å². The molecule has 1 aliphatic rings. The number of likely N-dealkylation sites (tertiary alicyclic amines) is 1. The van der Waals surface area contributed by atoms with Gasteiger partial charge in [-0.1, -0.05) is 25.1 Å². The number of nitrogens with one attached hydrogen (secondary N) is 2. The second-order valence-corrected chi connectivity index (χ2v) is 9.21. The quantitative estimate of drug-likeness (QED) is 0.536. The first kappa shape index (κ1) is 25.0. The van der Waals surface area contributed by atoms with Crippen molar-refractivity contribution < 1.29 is 14.3 Å². The SMILES string of the molecule is CC[C@H](C)NC(=O)NC(=O)CSc1nnc([C@@H](C)N2CCCCC2)n1-c1ccc(OC)cc1. The second kappa shape index (κ2) is 12.0. The Labute approximate surface area is 199 Å². The number of carbonyl (C=O) groups excluding carboxylic acids is 2. The van der Waals surface area contributed by atoms with Gasteiger partial charge in [-0.3, -0.25) is 19.6 Å². The van der Waals surface area contributed by atoms with Gasteiger partial charge >= 0.3 is 6.03 Å². The molecule has 2 aromatic rings. The molecule has 0 saturated carbocycles. The number of rotatable bonds is 9. The first-order chi connectivity index (χ1) is 15.9. The predicted molar refractivity (Wildman–Crippen MR) is 129 cm³/mol. The van der Waals surface area contributed by atoms with Gasteiger partial charge in [-0.15, -0.1) is 10.2 Å². The molecule has 0 bridgehead atoms. The number of benzene rings is 1. The van der Waals surface area contributed by atoms with Gasteiger partial charge in [-0.25, -0.2) is 4.79 Å². The van der Waals surface area contributed by atoms with E-state index in [0.717, 1.165) is 36.8 Å². The third-order valence-electron chi connectivity index (χ3n) is 5.88. The van der Waals surface area contributed by atoms with E-state index in [4.69, 9.17) is 4.74 Å². The van der Waals surface area contributed by atoms with Gasteiger partial charge in [-0.05, 0) is 70.5 Å². The standard InChI is InChI=1S/C23H34N6O3S/c1-5-16(2)24-22(31)25-20(30)15-33-23-27-26-21(17(3)28-13-7-6-8-14-28)29(23)18-9-11-19(32-4)12-10-18/h9-12,16-17H,5-8,13-15H2,1-4H3,(H2,24,25,30,31)/t16-,17+/m0/s1. The number of ether oxygens (including phenoxy) is 1. The molecule has 1 aromatic carbocycles. The lowest BCUT2D eigenvalue weighted by molar-refractivity contribution is -0.117. The van der Waals surface area contributed by atoms with E-state index in [1.165, 1.54) is 31.0 Å². The van der Waals surface area contributed by atoms with Gasteiger partial charge in [-0.2, -0.15) is 0 Å². The molecule has 1 saturated heterocycles. The van der Waals surface area contributed by atoms with Crippen LogP contribution in [0.4, 0.5) is 4.79 Å². The van der Waals surface area contributed by atoms with Crippen LogP contribution in [0.1, 0.15) is 58.3 Å². The Balaban J connectivity index is 1.78. The summed E-state index contributed by atoms with van der Waals surface area (Å²) in [5.41, 5.74) is 0.900. The van der Waals surface area contributed by atoms with Crippen molar-refractivity contribution in [3.63, 3.8) is 0 Å². The Morgan fingerprint density at radius 3 is 2.45 bits per heavy atom. The van der Waals surface area contributed by atoms with Crippen LogP contribution in [0.2, 0.25) is 0 Å². The molecular weight excluding hydrogens is 440 g/mol. The molecule has 0 unspecified atom stereocenters. The first-order valence-electron chi connectivity index (χ1n) is 11.5. The van der Waals surface area contributed by atoms with E-state index in [1.807, 2.05) is 42.7 Å². The van der Waals surface area contributed by atoms with E-state index in [1.54, 1.807) is 7.11 Å². The summed E-state index contributed by atoms with van der Waals surface area (Å²) in [6, 6.07) is 7.31. The number of nitrogens with zero attached hydrogens (tertiary/aromatic N) is 4. The van der Waals surface area contributed by atoms with Crippen molar-refractivity contribution in [1.82, 2.24) is 30.3 Å². The van der Waals surface area contributed by atoms with Crippen molar-refractivity contribution in [2.45, 2.75) is 63.7 Å². The minimum Gasteiger partial charge on any atom is -0.497 e. The number of carbonyl (C=O) groups is 2. The van der Waals surface area contributed by atoms with Gasteiger partial charge in [0.1, 0.15) is 5.75 Å². The molecule has 1 fully saturated rings. The van der Waals surface area contributed by atoms with E-state index in [-0.39, 0.29) is 23.7 Å². The largest absolute Gasteiger partial charge is 0.497 e. The minimum absolute atomic E-state index is 0.00227. The molecule has 3 amide bonds. The van der Waals surface area contributed by atoms with Crippen molar-refractivity contribution in [3.05, 3.63) is 30.1 Å². The summed E-state index contributed by atoms with van der Waals surface area (Å²) in [6.07, 6.45) is 4.41. The molecule has 1 aromatic heterocycles. The average Bonchev–Trinajstić information content (AvgIpc) is 3.26. The lowest BCUT2D eigenvalue weighted by Crippen LogP contribution is -2.43. The van der Waals surface area contributed by atoms with Gasteiger partial charge in [0.15, 0.2) is 11.0 Å². The summed E-state index contributed by atoms with van der Waals surface area (Å²) >= 11 is 1.26. The van der Waals surface area contributed by atoms with Crippen LogP contribution in [0.3, 0.4) is 0 Å². The van der Waals surface area contributed by atoms with Crippen molar-refractivity contribution in [2.24, 2.45) is 0 Å². The fraction of sp³-hybridized carbons (Fsp3) is 0.565. The van der Waals surface area contributed by atoms with Gasteiger partial charge in [0.25, 0.3) is 0 Å². The third-order valence-corrected chi connectivity index (χ3v) is 6.81. The monoisotopic (exact) mass is 474 g/mol. The molecule has 3 rings (SSSR count). The highest BCUT2D eigenvalue weighted by Crippen LogP contribution is 2.30. The lowest BCUT2D eigenvalue weighted by atomic mass is 10.1. The normalized spacial score (nSPS) is 16.1. The van der Waals surface area contributed by atoms with Crippen molar-refractivity contribution in [3.8, 4) is 11.4 Å². The summed E-state index contributed by atoms with van der Waals surface area (Å²) in [7, 11) is 1.63. The smallest absolute Gasteiger partial charge is 0.321 e. The zero-order valence-corrected chi connectivity index (χ0v) is 20.7. The minimum atomic E-state index is -0.481. The Hall–Kier alpha value is -2.59. The first-order valence-corrected chi connectivity index (χ1v) is 12.5. The number of imide groups is 1. The number of methoxy groups -OCH3 is 1. The van der Waals surface area contributed by atoms with Crippen molar-refractivity contribution in [2.75, 3.05) is 26.0 Å². The van der Waals surface area contributed by atoms with E-state index in [0.29, 0.717) is 5.16 Å². The average molecular weight is 475 g/mol. The molecule has 2 N–H and O–H groups in total. The van der Waals surface area contributed by atoms with Crippen LogP contribution < -0.4 is 15.4 Å². The van der Waals surface area contributed by atoms with Gasteiger partial charge < -0.3 is 10.1 Å². The lowest BCUT2D eigenvalue weighted by Gasteiger charge is -2.31. The highest BCUT2D eigenvalue weighted by Gasteiger charge is 2.26. The molecule has 2 heterocycles. The molecule has 2 atom stereocenters. The maximum Gasteiger partial charge on any atom is 0.321 e. The number of piperidine rings is 1. The van der Waals surface area contributed by atoms with Gasteiger partial charge in [0.2, 0.25) is 5.91 Å². The highest BCUT2D eigenvalue weighted by atomic mass is 32.2. The third kappa shape index (κ3) is 6.70. The summed E-state index contributed by atoms with van der Waals surface area (Å²) in [6.45, 7) is 8.08. The summed E-state index contributed by atoms with van der Waals surface area (Å²) in [4.78, 5) is 26.7. The molecule has 10 heteroatoms. The van der Waals surface area contributed by atoms with Crippen LogP contribution in [-0.2, 0) is 4.79 Å². The van der Waals surface area contributed by atoms with E-state index in [2.05, 4.69) is 32.7 Å². The molecule has 180 valence electrons. The summed E-state index contributed by atoms with van der Waals surface area (Å²) in [5.74, 6) is 1.27. The Morgan fingerprint density at radius 2 is 1.82 bits per heavy atom. The number of hydrogen-bond acceptors (Lipinski definition) is 7. The zero-order valence-electron chi connectivity index (χ0n) is 19.8. The molecule has 0 aliphatic carbocycles. The van der Waals surface area contributed by atoms with Crippen LogP contribution >= 0.6 is 11.8 Å². The van der Waals surface area contributed by atoms with Crippen LogP contribution in [0, 0.1) is 0 Å². The topological polar surface area (TPSA) is 101 Å². The number of thioether (sulfide) groups is 1. The van der Waals surface area contributed by atoms with Gasteiger partial charge in [0.05, 0.1) is 18.9 Å². The Kier molecular flexibility index (Phi) is 9.13. The maximum atomic E-state index is 12.3. The van der Waals surface area contributed by atoms with Crippen LogP contribution in [0.15, 0.2) is 29.4 Å². The predicted octanol–water partition coefficient (Wildman–Crippen LogP) is 3.54. The zero-order chi connectivity index (χ0) is 23.8. The fourth-order valence-corrected chi connectivity index (χ4v) is 4.50. The van der Waals surface area contributed by atoms with E-state index >= 15 is 0 Å². The highest BCUT2D eigenvalue weighted by molar-refractivity contribution is 7.99. The van der Waals surface area contributed by atoms with Gasteiger partial charge in [0, 0.05) is 11.7 Å². The number of amides is 3. The van der Waals surface area contributed by atoms with E-state index < -0.39 is 6.03 Å². The second-order valence-electron chi connectivity index (χ2n) is 8.27. The number of urea groups is 1. The van der Waals surface area contributed by atoms with Crippen molar-refractivity contribution in [1.29, 1.82) is 0 Å². The Morgan fingerprint density at radius 1 is 1.12 bits per heavy atom. The molecule has 1 aliphatic heterocycles. The summed E-state index contributed by atoms with van der Waals surface area (Å²) < 4.78 is 7.29. The number of aromatic nitrogens is 3. The maximum absolute atomic E-state index is 12.3. The molecule has 9 nitrogen and oxygen atoms in total. The van der Waals surface area contributed by atoms with E-state index in [9.17, 15) is 9.59 Å². The van der Waals surface area contributed by atoms with Crippen LogP contribution in [0.25, 0.3) is 5.69 Å². The Bertz CT molecular complexity index is 927. The molecule has 0 spiro atoms. The molecule has 33 heavy (non-hydrogen) atoms. The molecule has 0 radical (unpaired) electrons. The van der Waals surface area contributed by atoms with Crippen LogP contribution in [0.5, 0.6) is 5.75 Å². The summed E-state index contributed by atoms with van der Waals surface area (Å²) in [5, 5.41) is 14.6. The van der Waals surface area contributed by atoms with Crippen LogP contribution in [-0.4, -0.2) is 63.6 Å². The fourth-order valence-electron chi connectivity index (χ4n) is 3.74. The number of hydrogen-bond donors (Lipinski definition) is 2.